The Morgan fingerprint density at radius 1 is 1.00 bits per heavy atom. The number of nitrogens with one attached hydrogen (secondary N) is 1. The lowest BCUT2D eigenvalue weighted by Gasteiger charge is -2.26. The fourth-order valence-electron chi connectivity index (χ4n) is 4.19. The molecule has 1 aliphatic rings. The van der Waals surface area contributed by atoms with Crippen molar-refractivity contribution >= 4 is 5.91 Å². The number of rotatable bonds is 6. The molecular weight excluding hydrogens is 429 g/mol. The highest BCUT2D eigenvalue weighted by Crippen LogP contribution is 2.34. The van der Waals surface area contributed by atoms with E-state index < -0.39 is 23.3 Å². The van der Waals surface area contributed by atoms with Crippen LogP contribution in [0.2, 0.25) is 0 Å². The zero-order chi connectivity index (χ0) is 23.4. The van der Waals surface area contributed by atoms with Crippen LogP contribution in [-0.4, -0.2) is 33.7 Å². The molecular formula is C25H27F3N4O. The zero-order valence-electron chi connectivity index (χ0n) is 18.5. The minimum absolute atomic E-state index is 0.135. The molecule has 3 aromatic rings. The second-order valence-electron chi connectivity index (χ2n) is 8.44. The first-order chi connectivity index (χ1) is 15.8. The molecule has 8 heteroatoms. The van der Waals surface area contributed by atoms with Gasteiger partial charge >= 0.3 is 6.18 Å². The second-order valence-corrected chi connectivity index (χ2v) is 8.44. The van der Waals surface area contributed by atoms with Crippen LogP contribution in [0, 0.1) is 6.92 Å². The van der Waals surface area contributed by atoms with Crippen molar-refractivity contribution in [2.45, 2.75) is 45.5 Å². The number of carbonyl (C=O) groups is 1. The number of likely N-dealkylation sites (tertiary alicyclic amines) is 1. The van der Waals surface area contributed by atoms with E-state index in [-0.39, 0.29) is 12.2 Å². The highest BCUT2D eigenvalue weighted by Gasteiger charge is 2.40. The number of hydrogen-bond acceptors (Lipinski definition) is 3. The zero-order valence-corrected chi connectivity index (χ0v) is 18.5. The highest BCUT2D eigenvalue weighted by atomic mass is 19.4. The van der Waals surface area contributed by atoms with Gasteiger partial charge in [0.1, 0.15) is 0 Å². The van der Waals surface area contributed by atoms with Crippen molar-refractivity contribution in [2.24, 2.45) is 0 Å². The van der Waals surface area contributed by atoms with Crippen LogP contribution in [0.5, 0.6) is 0 Å². The van der Waals surface area contributed by atoms with Crippen LogP contribution in [0.3, 0.4) is 0 Å². The molecule has 174 valence electrons. The Hall–Kier alpha value is -3.13. The Labute approximate surface area is 191 Å². The van der Waals surface area contributed by atoms with E-state index >= 15 is 0 Å². The van der Waals surface area contributed by atoms with Crippen molar-refractivity contribution in [3.05, 3.63) is 82.7 Å². The number of benzene rings is 2. The van der Waals surface area contributed by atoms with Gasteiger partial charge < -0.3 is 5.32 Å². The van der Waals surface area contributed by atoms with Crippen molar-refractivity contribution in [2.75, 3.05) is 13.1 Å². The van der Waals surface area contributed by atoms with Gasteiger partial charge in [-0.1, -0.05) is 48.9 Å². The van der Waals surface area contributed by atoms with E-state index in [2.05, 4.69) is 15.3 Å². The SMILES string of the molecule is Cc1ccccc1-n1ncc(C(=O)NCc2ccc(CN3CCCCC3)cc2)c1C(F)(F)F. The van der Waals surface area contributed by atoms with E-state index in [1.54, 1.807) is 31.2 Å². The summed E-state index contributed by atoms with van der Waals surface area (Å²) in [5, 5.41) is 6.49. The minimum Gasteiger partial charge on any atom is -0.348 e. The van der Waals surface area contributed by atoms with Gasteiger partial charge in [0, 0.05) is 13.1 Å². The lowest BCUT2D eigenvalue weighted by molar-refractivity contribution is -0.143. The molecule has 2 aromatic carbocycles. The number of aromatic nitrogens is 2. The monoisotopic (exact) mass is 456 g/mol. The first-order valence-corrected chi connectivity index (χ1v) is 11.1. The fraction of sp³-hybridized carbons (Fsp3) is 0.360. The van der Waals surface area contributed by atoms with E-state index in [0.717, 1.165) is 36.1 Å². The summed E-state index contributed by atoms with van der Waals surface area (Å²) < 4.78 is 42.4. The maximum Gasteiger partial charge on any atom is 0.434 e. The Balaban J connectivity index is 1.46. The molecule has 1 saturated heterocycles. The summed E-state index contributed by atoms with van der Waals surface area (Å²) in [6, 6.07) is 14.4. The third-order valence-electron chi connectivity index (χ3n) is 5.96. The maximum atomic E-state index is 13.9. The Bertz CT molecular complexity index is 1100. The number of aryl methyl sites for hydroxylation is 1. The predicted molar refractivity (Wildman–Crippen MR) is 120 cm³/mol. The number of para-hydroxylation sites is 1. The van der Waals surface area contributed by atoms with Crippen LogP contribution in [0.25, 0.3) is 5.69 Å². The van der Waals surface area contributed by atoms with Crippen molar-refractivity contribution in [1.82, 2.24) is 20.0 Å². The third-order valence-corrected chi connectivity index (χ3v) is 5.96. The van der Waals surface area contributed by atoms with Crippen molar-refractivity contribution in [3.8, 4) is 5.69 Å². The molecule has 1 amide bonds. The lowest BCUT2D eigenvalue weighted by atomic mass is 10.1. The van der Waals surface area contributed by atoms with Crippen LogP contribution >= 0.6 is 0 Å². The molecule has 0 radical (unpaired) electrons. The summed E-state index contributed by atoms with van der Waals surface area (Å²) in [6.07, 6.45) is -0.0160. The Morgan fingerprint density at radius 2 is 1.67 bits per heavy atom. The van der Waals surface area contributed by atoms with Gasteiger partial charge in [-0.3, -0.25) is 9.69 Å². The van der Waals surface area contributed by atoms with Gasteiger partial charge in [0.2, 0.25) is 0 Å². The summed E-state index contributed by atoms with van der Waals surface area (Å²) in [5.41, 5.74) is 1.35. The molecule has 1 fully saturated rings. The number of carbonyl (C=O) groups excluding carboxylic acids is 1. The summed E-state index contributed by atoms with van der Waals surface area (Å²) in [4.78, 5) is 15.1. The van der Waals surface area contributed by atoms with Gasteiger partial charge in [-0.2, -0.15) is 18.3 Å². The van der Waals surface area contributed by atoms with E-state index in [1.807, 2.05) is 24.3 Å². The molecule has 33 heavy (non-hydrogen) atoms. The molecule has 1 N–H and O–H groups in total. The van der Waals surface area contributed by atoms with Gasteiger partial charge in [-0.05, 0) is 55.6 Å². The lowest BCUT2D eigenvalue weighted by Crippen LogP contribution is -2.29. The molecule has 1 aromatic heterocycles. The quantitative estimate of drug-likeness (QED) is 0.561. The average Bonchev–Trinajstić information content (AvgIpc) is 3.25. The topological polar surface area (TPSA) is 50.2 Å². The van der Waals surface area contributed by atoms with E-state index in [0.29, 0.717) is 5.56 Å². The largest absolute Gasteiger partial charge is 0.434 e. The molecule has 0 saturated carbocycles. The van der Waals surface area contributed by atoms with Crippen LogP contribution < -0.4 is 5.32 Å². The summed E-state index contributed by atoms with van der Waals surface area (Å²) >= 11 is 0. The number of hydrogen-bond donors (Lipinski definition) is 1. The molecule has 2 heterocycles. The number of halogens is 3. The van der Waals surface area contributed by atoms with Gasteiger partial charge in [0.25, 0.3) is 5.91 Å². The van der Waals surface area contributed by atoms with Crippen LogP contribution in [-0.2, 0) is 19.3 Å². The molecule has 1 aliphatic heterocycles. The normalized spacial score (nSPS) is 14.9. The Morgan fingerprint density at radius 3 is 2.33 bits per heavy atom. The summed E-state index contributed by atoms with van der Waals surface area (Å²) in [6.45, 7) is 4.94. The smallest absolute Gasteiger partial charge is 0.348 e. The van der Waals surface area contributed by atoms with Crippen molar-refractivity contribution in [3.63, 3.8) is 0 Å². The predicted octanol–water partition coefficient (Wildman–Crippen LogP) is 5.12. The molecule has 0 bridgehead atoms. The molecule has 0 atom stereocenters. The number of piperidine rings is 1. The second kappa shape index (κ2) is 9.79. The number of amides is 1. The molecule has 5 nitrogen and oxygen atoms in total. The fourth-order valence-corrected chi connectivity index (χ4v) is 4.19. The van der Waals surface area contributed by atoms with Gasteiger partial charge in [-0.25, -0.2) is 4.68 Å². The molecule has 0 spiro atoms. The first-order valence-electron chi connectivity index (χ1n) is 11.1. The summed E-state index contributed by atoms with van der Waals surface area (Å²) in [5.74, 6) is -0.806. The van der Waals surface area contributed by atoms with Crippen molar-refractivity contribution in [1.29, 1.82) is 0 Å². The van der Waals surface area contributed by atoms with E-state index in [1.165, 1.54) is 24.8 Å². The standard InChI is InChI=1S/C25H27F3N4O/c1-18-7-3-4-8-22(18)32-23(25(26,27)28)21(16-30-32)24(33)29-15-19-9-11-20(12-10-19)17-31-13-5-2-6-14-31/h3-4,7-12,16H,2,5-6,13-15,17H2,1H3,(H,29,33). The highest BCUT2D eigenvalue weighted by molar-refractivity contribution is 5.95. The van der Waals surface area contributed by atoms with Gasteiger partial charge in [-0.15, -0.1) is 0 Å². The molecule has 4 rings (SSSR count). The van der Waals surface area contributed by atoms with E-state index in [9.17, 15) is 18.0 Å². The van der Waals surface area contributed by atoms with Crippen molar-refractivity contribution < 1.29 is 18.0 Å². The number of nitrogens with zero attached hydrogens (tertiary/aromatic N) is 3. The minimum atomic E-state index is -4.73. The summed E-state index contributed by atoms with van der Waals surface area (Å²) in [7, 11) is 0. The van der Waals surface area contributed by atoms with Gasteiger partial charge in [0.05, 0.1) is 17.4 Å². The van der Waals surface area contributed by atoms with Crippen LogP contribution in [0.4, 0.5) is 13.2 Å². The van der Waals surface area contributed by atoms with E-state index in [4.69, 9.17) is 0 Å². The molecule has 0 aliphatic carbocycles. The Kier molecular flexibility index (Phi) is 6.83. The number of alkyl halides is 3. The average molecular weight is 457 g/mol. The van der Waals surface area contributed by atoms with Crippen LogP contribution in [0.1, 0.15) is 52.0 Å². The third kappa shape index (κ3) is 5.45. The first kappa shape index (κ1) is 23.0. The van der Waals surface area contributed by atoms with Crippen LogP contribution in [0.15, 0.2) is 54.7 Å². The maximum absolute atomic E-state index is 13.9. The van der Waals surface area contributed by atoms with Gasteiger partial charge in [0.15, 0.2) is 5.69 Å². The molecule has 0 unspecified atom stereocenters.